The Bertz CT molecular complexity index is 1250. The molecule has 0 aliphatic heterocycles. The van der Waals surface area contributed by atoms with E-state index in [1.165, 1.54) is 24.5 Å². The van der Waals surface area contributed by atoms with Crippen molar-refractivity contribution in [1.82, 2.24) is 9.97 Å². The van der Waals surface area contributed by atoms with Gasteiger partial charge in [-0.1, -0.05) is 18.3 Å². The Hall–Kier alpha value is -2.73. The van der Waals surface area contributed by atoms with Gasteiger partial charge in [0.25, 0.3) is 0 Å². The van der Waals surface area contributed by atoms with Gasteiger partial charge in [0.2, 0.25) is 0 Å². The molecular weight excluding hydrogens is 433 g/mol. The first-order chi connectivity index (χ1) is 16.1. The minimum absolute atomic E-state index is 0.185. The summed E-state index contributed by atoms with van der Waals surface area (Å²) >= 11 is 1.69. The van der Waals surface area contributed by atoms with Crippen molar-refractivity contribution in [2.75, 3.05) is 12.4 Å². The van der Waals surface area contributed by atoms with Crippen LogP contribution in [0.2, 0.25) is 0 Å². The zero-order valence-electron chi connectivity index (χ0n) is 19.2. The maximum Gasteiger partial charge on any atom is 0.184 e. The maximum absolute atomic E-state index is 13.9. The fourth-order valence-electron chi connectivity index (χ4n) is 5.20. The van der Waals surface area contributed by atoms with Crippen molar-refractivity contribution >= 4 is 37.6 Å². The number of halogens is 1. The Balaban J connectivity index is 1.22. The van der Waals surface area contributed by atoms with E-state index in [4.69, 9.17) is 9.72 Å². The summed E-state index contributed by atoms with van der Waals surface area (Å²) in [6, 6.07) is 13.5. The summed E-state index contributed by atoms with van der Waals surface area (Å²) in [6.07, 6.45) is 8.82. The lowest BCUT2D eigenvalue weighted by Gasteiger charge is -2.31. The van der Waals surface area contributed by atoms with Gasteiger partial charge in [-0.2, -0.15) is 0 Å². The third-order valence-electron chi connectivity index (χ3n) is 7.06. The number of fused-ring (bicyclic) bond motifs is 2. The van der Waals surface area contributed by atoms with E-state index in [0.717, 1.165) is 57.7 Å². The number of aromatic nitrogens is 2. The highest BCUT2D eigenvalue weighted by atomic mass is 32.1. The van der Waals surface area contributed by atoms with E-state index in [2.05, 4.69) is 29.4 Å². The molecule has 1 fully saturated rings. The van der Waals surface area contributed by atoms with Crippen LogP contribution in [0.1, 0.15) is 56.9 Å². The minimum atomic E-state index is -0.185. The van der Waals surface area contributed by atoms with Crippen LogP contribution in [0.4, 0.5) is 9.52 Å². The number of benzene rings is 2. The Morgan fingerprint density at radius 2 is 1.91 bits per heavy atom. The first-order valence-electron chi connectivity index (χ1n) is 11.9. The van der Waals surface area contributed by atoms with Crippen molar-refractivity contribution in [2.45, 2.75) is 57.4 Å². The lowest BCUT2D eigenvalue weighted by molar-refractivity contribution is 0.297. The summed E-state index contributed by atoms with van der Waals surface area (Å²) in [7, 11) is 1.69. The molecule has 2 aromatic heterocycles. The second-order valence-corrected chi connectivity index (χ2v) is 10.1. The molecule has 4 aromatic rings. The summed E-state index contributed by atoms with van der Waals surface area (Å²) in [5, 5.41) is 5.66. The zero-order valence-corrected chi connectivity index (χ0v) is 20.0. The quantitative estimate of drug-likeness (QED) is 0.307. The van der Waals surface area contributed by atoms with Crippen LogP contribution in [0.25, 0.3) is 21.1 Å². The molecule has 2 heterocycles. The van der Waals surface area contributed by atoms with Crippen molar-refractivity contribution in [3.05, 3.63) is 60.0 Å². The molecule has 0 spiro atoms. The van der Waals surface area contributed by atoms with Crippen LogP contribution in [-0.4, -0.2) is 23.1 Å². The standard InChI is InChI=1S/C27H30FN3OS/c1-3-20(30-27-31-25-11-9-21(32-2)16-26(25)33-27)14-17-4-6-18(7-5-17)22-12-13-29-24-10-8-19(28)15-23(22)24/h8-13,15-18,20H,3-7,14H2,1-2H3,(H,30,31)/t17-,18+,20?. The predicted molar refractivity (Wildman–Crippen MR) is 135 cm³/mol. The first-order valence-corrected chi connectivity index (χ1v) is 12.7. The third-order valence-corrected chi connectivity index (χ3v) is 8.01. The molecule has 1 aliphatic rings. The Labute approximate surface area is 198 Å². The number of hydrogen-bond donors (Lipinski definition) is 1. The van der Waals surface area contributed by atoms with Crippen molar-refractivity contribution in [3.8, 4) is 5.75 Å². The van der Waals surface area contributed by atoms with Gasteiger partial charge in [-0.3, -0.25) is 4.98 Å². The van der Waals surface area contributed by atoms with Crippen LogP contribution in [0, 0.1) is 11.7 Å². The van der Waals surface area contributed by atoms with Crippen LogP contribution in [0.5, 0.6) is 5.75 Å². The summed E-state index contributed by atoms with van der Waals surface area (Å²) in [5.74, 6) is 1.88. The molecule has 1 atom stereocenters. The molecule has 1 N–H and O–H groups in total. The van der Waals surface area contributed by atoms with Crippen LogP contribution in [0.15, 0.2) is 48.7 Å². The van der Waals surface area contributed by atoms with E-state index >= 15 is 0 Å². The SMILES string of the molecule is CCC(C[C@H]1CC[C@@H](c2ccnc3ccc(F)cc32)CC1)Nc1nc2ccc(OC)cc2s1. The number of nitrogens with zero attached hydrogens (tertiary/aromatic N) is 2. The summed E-state index contributed by atoms with van der Waals surface area (Å²) in [4.78, 5) is 9.19. The van der Waals surface area contributed by atoms with E-state index in [0.29, 0.717) is 17.9 Å². The predicted octanol–water partition coefficient (Wildman–Crippen LogP) is 7.55. The molecule has 0 bridgehead atoms. The smallest absolute Gasteiger partial charge is 0.184 e. The van der Waals surface area contributed by atoms with E-state index < -0.39 is 0 Å². The third kappa shape index (κ3) is 4.81. The van der Waals surface area contributed by atoms with Crippen molar-refractivity contribution in [3.63, 3.8) is 0 Å². The molecule has 172 valence electrons. The Morgan fingerprint density at radius 3 is 2.70 bits per heavy atom. The largest absolute Gasteiger partial charge is 0.497 e. The average Bonchev–Trinajstić information content (AvgIpc) is 3.25. The van der Waals surface area contributed by atoms with Crippen molar-refractivity contribution in [1.29, 1.82) is 0 Å². The number of thiazole rings is 1. The lowest BCUT2D eigenvalue weighted by Crippen LogP contribution is -2.24. The van der Waals surface area contributed by atoms with Crippen LogP contribution in [-0.2, 0) is 0 Å². The summed E-state index contributed by atoms with van der Waals surface area (Å²) in [5.41, 5.74) is 3.16. The number of hydrogen-bond acceptors (Lipinski definition) is 5. The first kappa shape index (κ1) is 22.1. The van der Waals surface area contributed by atoms with Gasteiger partial charge < -0.3 is 10.1 Å². The van der Waals surface area contributed by atoms with Crippen LogP contribution in [0.3, 0.4) is 0 Å². The lowest BCUT2D eigenvalue weighted by atomic mass is 9.76. The number of anilines is 1. The molecule has 2 aromatic carbocycles. The van der Waals surface area contributed by atoms with Gasteiger partial charge in [0.05, 0.1) is 22.8 Å². The second-order valence-electron chi connectivity index (χ2n) is 9.12. The molecule has 4 nitrogen and oxygen atoms in total. The normalized spacial score (nSPS) is 19.6. The molecule has 1 aliphatic carbocycles. The topological polar surface area (TPSA) is 47.0 Å². The highest BCUT2D eigenvalue weighted by molar-refractivity contribution is 7.22. The van der Waals surface area contributed by atoms with Gasteiger partial charge in [0.15, 0.2) is 5.13 Å². The van der Waals surface area contributed by atoms with Crippen molar-refractivity contribution in [2.24, 2.45) is 5.92 Å². The fraction of sp³-hybridized carbons (Fsp3) is 0.407. The van der Waals surface area contributed by atoms with E-state index in [1.54, 1.807) is 30.6 Å². The van der Waals surface area contributed by atoms with E-state index in [9.17, 15) is 4.39 Å². The summed E-state index contributed by atoms with van der Waals surface area (Å²) in [6.45, 7) is 2.25. The van der Waals surface area contributed by atoms with Crippen molar-refractivity contribution < 1.29 is 9.13 Å². The fourth-order valence-corrected chi connectivity index (χ4v) is 6.17. The highest BCUT2D eigenvalue weighted by Gasteiger charge is 2.26. The van der Waals surface area contributed by atoms with E-state index in [1.807, 2.05) is 18.3 Å². The second kappa shape index (κ2) is 9.64. The van der Waals surface area contributed by atoms with Crippen LogP contribution >= 0.6 is 11.3 Å². The molecular formula is C27H30FN3OS. The zero-order chi connectivity index (χ0) is 22.8. The van der Waals surface area contributed by atoms with Gasteiger partial charge in [-0.05, 0) is 98.4 Å². The molecule has 0 saturated heterocycles. The molecule has 5 rings (SSSR count). The molecule has 0 radical (unpaired) electrons. The molecule has 0 amide bonds. The van der Waals surface area contributed by atoms with E-state index in [-0.39, 0.29) is 5.82 Å². The number of rotatable bonds is 7. The number of ether oxygens (including phenoxy) is 1. The number of methoxy groups -OCH3 is 1. The highest BCUT2D eigenvalue weighted by Crippen LogP contribution is 2.40. The van der Waals surface area contributed by atoms with Gasteiger partial charge in [-0.15, -0.1) is 0 Å². The molecule has 6 heteroatoms. The van der Waals surface area contributed by atoms with Gasteiger partial charge in [0, 0.05) is 17.6 Å². The molecule has 1 unspecified atom stereocenters. The maximum atomic E-state index is 13.9. The van der Waals surface area contributed by atoms with Gasteiger partial charge >= 0.3 is 0 Å². The Kier molecular flexibility index (Phi) is 6.45. The van der Waals surface area contributed by atoms with Gasteiger partial charge in [0.1, 0.15) is 11.6 Å². The molecule has 1 saturated carbocycles. The average molecular weight is 464 g/mol. The minimum Gasteiger partial charge on any atom is -0.497 e. The number of pyridine rings is 1. The number of nitrogens with one attached hydrogen (secondary N) is 1. The molecule has 33 heavy (non-hydrogen) atoms. The van der Waals surface area contributed by atoms with Crippen LogP contribution < -0.4 is 10.1 Å². The monoisotopic (exact) mass is 463 g/mol. The Morgan fingerprint density at radius 1 is 1.09 bits per heavy atom. The summed E-state index contributed by atoms with van der Waals surface area (Å²) < 4.78 is 20.4. The van der Waals surface area contributed by atoms with Gasteiger partial charge in [-0.25, -0.2) is 9.37 Å².